The number of carbonyl (C=O) groups is 2. The molecule has 1 atom stereocenters. The number of nitrogens with one attached hydrogen (secondary N) is 1. The Bertz CT molecular complexity index is 691. The van der Waals surface area contributed by atoms with E-state index < -0.39 is 0 Å². The van der Waals surface area contributed by atoms with Crippen molar-refractivity contribution >= 4 is 23.2 Å². The molecule has 1 aromatic heterocycles. The number of rotatable bonds is 6. The first-order valence-corrected chi connectivity index (χ1v) is 8.33. The van der Waals surface area contributed by atoms with Crippen molar-refractivity contribution < 1.29 is 14.4 Å². The Labute approximate surface area is 146 Å². The van der Waals surface area contributed by atoms with E-state index in [1.807, 2.05) is 27.0 Å². The Hall–Kier alpha value is -1.92. The average Bonchev–Trinajstić information content (AvgIpc) is 2.86. The molecule has 1 unspecified atom stereocenters. The molecule has 1 saturated carbocycles. The highest BCUT2D eigenvalue weighted by Crippen LogP contribution is 2.36. The van der Waals surface area contributed by atoms with Gasteiger partial charge in [0.2, 0.25) is 0 Å². The minimum atomic E-state index is -0.306. The molecule has 0 aliphatic heterocycles. The molecule has 1 N–H and O–H groups in total. The summed E-state index contributed by atoms with van der Waals surface area (Å²) in [5.41, 5.74) is 7.23. The SMILES string of the molecule is CCC(NOCC=CCl)=C1C(=O)CC(=O)CC1c1cc(C)nn1C. The number of nitrogens with zero attached hydrogens (tertiary/aromatic N) is 2. The second-order valence-corrected chi connectivity index (χ2v) is 6.00. The molecular formula is C17H22ClN3O3. The highest BCUT2D eigenvalue weighted by Gasteiger charge is 2.35. The Morgan fingerprint density at radius 3 is 2.88 bits per heavy atom. The minimum Gasteiger partial charge on any atom is -0.299 e. The van der Waals surface area contributed by atoms with E-state index in [1.54, 1.807) is 10.8 Å². The summed E-state index contributed by atoms with van der Waals surface area (Å²) < 4.78 is 1.73. The number of hydrogen-bond acceptors (Lipinski definition) is 5. The number of halogens is 1. The molecule has 0 radical (unpaired) electrons. The van der Waals surface area contributed by atoms with Gasteiger partial charge in [-0.1, -0.05) is 18.5 Å². The zero-order chi connectivity index (χ0) is 17.7. The first-order valence-electron chi connectivity index (χ1n) is 7.89. The molecule has 1 aliphatic carbocycles. The highest BCUT2D eigenvalue weighted by atomic mass is 35.5. The molecule has 7 heteroatoms. The standard InChI is InChI=1S/C17H22ClN3O3/c1-4-14(20-24-7-5-6-18)17-13(9-12(22)10-16(17)23)15-8-11(2)19-21(15)3/h5-6,8,13,20H,4,7,9-10H2,1-3H3. The molecule has 0 aromatic carbocycles. The van der Waals surface area contributed by atoms with Crippen LogP contribution in [-0.4, -0.2) is 28.0 Å². The zero-order valence-corrected chi connectivity index (χ0v) is 14.9. The maximum absolute atomic E-state index is 12.6. The van der Waals surface area contributed by atoms with Crippen LogP contribution in [0.5, 0.6) is 0 Å². The van der Waals surface area contributed by atoms with Crippen molar-refractivity contribution in [3.8, 4) is 0 Å². The van der Waals surface area contributed by atoms with Gasteiger partial charge in [-0.3, -0.25) is 24.6 Å². The van der Waals surface area contributed by atoms with E-state index in [-0.39, 0.29) is 30.5 Å². The number of aromatic nitrogens is 2. The van der Waals surface area contributed by atoms with Crippen molar-refractivity contribution in [1.82, 2.24) is 15.3 Å². The van der Waals surface area contributed by atoms with Crippen LogP contribution in [0, 0.1) is 6.92 Å². The van der Waals surface area contributed by atoms with Gasteiger partial charge < -0.3 is 0 Å². The summed E-state index contributed by atoms with van der Waals surface area (Å²) in [6.07, 6.45) is 2.47. The molecule has 24 heavy (non-hydrogen) atoms. The summed E-state index contributed by atoms with van der Waals surface area (Å²) >= 11 is 5.46. The van der Waals surface area contributed by atoms with Crippen molar-refractivity contribution in [2.75, 3.05) is 6.61 Å². The van der Waals surface area contributed by atoms with Crippen molar-refractivity contribution in [3.63, 3.8) is 0 Å². The van der Waals surface area contributed by atoms with Gasteiger partial charge in [0.1, 0.15) is 5.78 Å². The Morgan fingerprint density at radius 2 is 2.29 bits per heavy atom. The first-order chi connectivity index (χ1) is 11.5. The molecule has 2 rings (SSSR count). The summed E-state index contributed by atoms with van der Waals surface area (Å²) in [7, 11) is 1.82. The van der Waals surface area contributed by atoms with Crippen LogP contribution in [0.15, 0.2) is 28.9 Å². The van der Waals surface area contributed by atoms with E-state index in [4.69, 9.17) is 16.4 Å². The van der Waals surface area contributed by atoms with E-state index in [9.17, 15) is 9.59 Å². The van der Waals surface area contributed by atoms with Crippen LogP contribution in [0.4, 0.5) is 0 Å². The maximum Gasteiger partial charge on any atom is 0.168 e. The van der Waals surface area contributed by atoms with E-state index in [0.717, 1.165) is 11.4 Å². The fourth-order valence-corrected chi connectivity index (χ4v) is 3.06. The van der Waals surface area contributed by atoms with Crippen LogP contribution in [0.3, 0.4) is 0 Å². The van der Waals surface area contributed by atoms with Gasteiger partial charge in [-0.15, -0.1) is 0 Å². The molecule has 0 bridgehead atoms. The molecule has 1 heterocycles. The van der Waals surface area contributed by atoms with E-state index in [2.05, 4.69) is 10.6 Å². The molecule has 1 fully saturated rings. The lowest BCUT2D eigenvalue weighted by Crippen LogP contribution is -2.30. The molecule has 6 nitrogen and oxygen atoms in total. The zero-order valence-electron chi connectivity index (χ0n) is 14.1. The van der Waals surface area contributed by atoms with Crippen LogP contribution >= 0.6 is 11.6 Å². The predicted octanol–water partition coefficient (Wildman–Crippen LogP) is 2.68. The fourth-order valence-electron chi connectivity index (χ4n) is 2.99. The van der Waals surface area contributed by atoms with Gasteiger partial charge in [-0.25, -0.2) is 0 Å². The van der Waals surface area contributed by atoms with Gasteiger partial charge >= 0.3 is 0 Å². The first kappa shape index (κ1) is 18.4. The number of Topliss-reactive ketones (excluding diaryl/α,β-unsaturated/α-hetero) is 2. The van der Waals surface area contributed by atoms with Crippen molar-refractivity contribution in [3.05, 3.63) is 40.3 Å². The molecular weight excluding hydrogens is 330 g/mol. The summed E-state index contributed by atoms with van der Waals surface area (Å²) in [6, 6.07) is 1.92. The quantitative estimate of drug-likeness (QED) is 0.369. The van der Waals surface area contributed by atoms with Crippen LogP contribution in [0.2, 0.25) is 0 Å². The number of carbonyl (C=O) groups excluding carboxylic acids is 2. The Morgan fingerprint density at radius 1 is 1.54 bits per heavy atom. The largest absolute Gasteiger partial charge is 0.299 e. The van der Waals surface area contributed by atoms with Crippen molar-refractivity contribution in [1.29, 1.82) is 0 Å². The van der Waals surface area contributed by atoms with Gasteiger partial charge in [-0.2, -0.15) is 5.10 Å². The summed E-state index contributed by atoms with van der Waals surface area (Å²) in [5, 5.41) is 4.34. The molecule has 1 aromatic rings. The van der Waals surface area contributed by atoms with Crippen LogP contribution < -0.4 is 5.48 Å². The minimum absolute atomic E-state index is 0.0472. The average molecular weight is 352 g/mol. The Balaban J connectivity index is 2.39. The molecule has 0 amide bonds. The molecule has 0 spiro atoms. The van der Waals surface area contributed by atoms with E-state index >= 15 is 0 Å². The number of aryl methyl sites for hydroxylation is 2. The summed E-state index contributed by atoms with van der Waals surface area (Å²) in [5.74, 6) is -0.510. The number of ketones is 2. The summed E-state index contributed by atoms with van der Waals surface area (Å²) in [6.45, 7) is 4.11. The molecule has 1 aliphatic rings. The monoisotopic (exact) mass is 351 g/mol. The highest BCUT2D eigenvalue weighted by molar-refractivity contribution is 6.25. The van der Waals surface area contributed by atoms with Gasteiger partial charge in [0.15, 0.2) is 5.78 Å². The van der Waals surface area contributed by atoms with Gasteiger partial charge in [0, 0.05) is 41.9 Å². The van der Waals surface area contributed by atoms with E-state index in [0.29, 0.717) is 24.1 Å². The Kier molecular flexibility index (Phi) is 6.34. The lowest BCUT2D eigenvalue weighted by molar-refractivity contribution is -0.127. The number of hydrogen-bond donors (Lipinski definition) is 1. The third-order valence-corrected chi connectivity index (χ3v) is 4.15. The second kappa shape index (κ2) is 8.26. The molecule has 130 valence electrons. The van der Waals surface area contributed by atoms with Crippen LogP contribution in [0.25, 0.3) is 0 Å². The predicted molar refractivity (Wildman–Crippen MR) is 91.3 cm³/mol. The smallest absolute Gasteiger partial charge is 0.168 e. The van der Waals surface area contributed by atoms with Gasteiger partial charge in [0.05, 0.1) is 18.7 Å². The van der Waals surface area contributed by atoms with Crippen LogP contribution in [-0.2, 0) is 21.5 Å². The molecule has 0 saturated heterocycles. The fraction of sp³-hybridized carbons (Fsp3) is 0.471. The number of hydroxylamine groups is 1. The maximum atomic E-state index is 12.6. The normalized spacial score (nSPS) is 20.8. The lowest BCUT2D eigenvalue weighted by Gasteiger charge is -2.26. The van der Waals surface area contributed by atoms with E-state index in [1.165, 1.54) is 5.54 Å². The third kappa shape index (κ3) is 4.13. The lowest BCUT2D eigenvalue weighted by atomic mass is 9.79. The topological polar surface area (TPSA) is 73.2 Å². The van der Waals surface area contributed by atoms with Crippen LogP contribution in [0.1, 0.15) is 43.5 Å². The number of allylic oxidation sites excluding steroid dienone is 2. The van der Waals surface area contributed by atoms with Gasteiger partial charge in [0.25, 0.3) is 0 Å². The van der Waals surface area contributed by atoms with Crippen molar-refractivity contribution in [2.24, 2.45) is 7.05 Å². The summed E-state index contributed by atoms with van der Waals surface area (Å²) in [4.78, 5) is 29.9. The van der Waals surface area contributed by atoms with Crippen molar-refractivity contribution in [2.45, 2.75) is 39.0 Å². The second-order valence-electron chi connectivity index (χ2n) is 5.75. The third-order valence-electron chi connectivity index (χ3n) is 3.98. The van der Waals surface area contributed by atoms with Gasteiger partial charge in [-0.05, 0) is 25.5 Å².